The summed E-state index contributed by atoms with van der Waals surface area (Å²) in [4.78, 5) is 25.1. The molecule has 2 rings (SSSR count). The van der Waals surface area contributed by atoms with Crippen LogP contribution in [0, 0.1) is 11.3 Å². The van der Waals surface area contributed by atoms with Crippen molar-refractivity contribution in [3.8, 4) is 0 Å². The Morgan fingerprint density at radius 1 is 1.23 bits per heavy atom. The van der Waals surface area contributed by atoms with Gasteiger partial charge in [0.1, 0.15) is 0 Å². The quantitative estimate of drug-likeness (QED) is 0.833. The number of nitrogens with zero attached hydrogens (tertiary/aromatic N) is 1. The fourth-order valence-corrected chi connectivity index (χ4v) is 3.49. The van der Waals surface area contributed by atoms with E-state index in [9.17, 15) is 9.59 Å². The number of piperidine rings is 1. The zero-order valence-electron chi connectivity index (χ0n) is 13.6. The van der Waals surface area contributed by atoms with Gasteiger partial charge in [0.05, 0.1) is 12.5 Å². The maximum Gasteiger partial charge on any atom is 0.317 e. The monoisotopic (exact) mass is 312 g/mol. The van der Waals surface area contributed by atoms with Crippen molar-refractivity contribution in [2.75, 3.05) is 26.8 Å². The zero-order valence-corrected chi connectivity index (χ0v) is 13.6. The number of carbonyl (C=O) groups excluding carboxylic acids is 1. The van der Waals surface area contributed by atoms with Crippen LogP contribution in [0.2, 0.25) is 0 Å². The van der Waals surface area contributed by atoms with Gasteiger partial charge in [-0.1, -0.05) is 6.92 Å². The average Bonchev–Trinajstić information content (AvgIpc) is 2.48. The molecule has 0 aromatic rings. The highest BCUT2D eigenvalue weighted by atomic mass is 16.5. The SMILES string of the molecule is COCC1(C)CCN(C(=O)NC2CCC(C(=O)O)CC2)CC1. The molecule has 0 bridgehead atoms. The van der Waals surface area contributed by atoms with Crippen LogP contribution < -0.4 is 5.32 Å². The molecule has 6 nitrogen and oxygen atoms in total. The number of aliphatic carboxylic acids is 1. The van der Waals surface area contributed by atoms with E-state index in [1.165, 1.54) is 0 Å². The number of carboxylic acids is 1. The van der Waals surface area contributed by atoms with Crippen LogP contribution in [0.1, 0.15) is 45.4 Å². The van der Waals surface area contributed by atoms with Crippen LogP contribution in [0.25, 0.3) is 0 Å². The van der Waals surface area contributed by atoms with E-state index in [0.717, 1.165) is 45.4 Å². The van der Waals surface area contributed by atoms with Gasteiger partial charge in [0, 0.05) is 26.2 Å². The summed E-state index contributed by atoms with van der Waals surface area (Å²) in [5.41, 5.74) is 0.172. The molecule has 2 fully saturated rings. The molecular weight excluding hydrogens is 284 g/mol. The van der Waals surface area contributed by atoms with Gasteiger partial charge < -0.3 is 20.1 Å². The lowest BCUT2D eigenvalue weighted by Crippen LogP contribution is -2.50. The highest BCUT2D eigenvalue weighted by Gasteiger charge is 2.33. The number of hydrogen-bond donors (Lipinski definition) is 2. The number of likely N-dealkylation sites (tertiary alicyclic amines) is 1. The van der Waals surface area contributed by atoms with E-state index in [1.54, 1.807) is 7.11 Å². The number of urea groups is 1. The van der Waals surface area contributed by atoms with Crippen molar-refractivity contribution in [3.05, 3.63) is 0 Å². The van der Waals surface area contributed by atoms with Crippen LogP contribution in [-0.2, 0) is 9.53 Å². The van der Waals surface area contributed by atoms with Crippen molar-refractivity contribution in [2.24, 2.45) is 11.3 Å². The minimum atomic E-state index is -0.710. The second kappa shape index (κ2) is 7.31. The summed E-state index contributed by atoms with van der Waals surface area (Å²) in [6.07, 6.45) is 4.76. The fourth-order valence-electron chi connectivity index (χ4n) is 3.49. The van der Waals surface area contributed by atoms with Crippen LogP contribution in [0.5, 0.6) is 0 Å². The molecule has 6 heteroatoms. The second-order valence-electron chi connectivity index (χ2n) is 7.07. The van der Waals surface area contributed by atoms with Gasteiger partial charge >= 0.3 is 12.0 Å². The maximum atomic E-state index is 12.3. The Kier molecular flexibility index (Phi) is 5.67. The van der Waals surface area contributed by atoms with Crippen LogP contribution >= 0.6 is 0 Å². The minimum Gasteiger partial charge on any atom is -0.481 e. The molecule has 1 aliphatic heterocycles. The van der Waals surface area contributed by atoms with Crippen LogP contribution in [0.3, 0.4) is 0 Å². The Morgan fingerprint density at radius 2 is 1.82 bits per heavy atom. The van der Waals surface area contributed by atoms with E-state index in [2.05, 4.69) is 12.2 Å². The summed E-state index contributed by atoms with van der Waals surface area (Å²) in [5.74, 6) is -0.948. The van der Waals surface area contributed by atoms with Crippen LogP contribution in [0.15, 0.2) is 0 Å². The number of nitrogens with one attached hydrogen (secondary N) is 1. The molecular formula is C16H28N2O4. The largest absolute Gasteiger partial charge is 0.481 e. The molecule has 126 valence electrons. The average molecular weight is 312 g/mol. The molecule has 0 aromatic carbocycles. The topological polar surface area (TPSA) is 78.9 Å². The Morgan fingerprint density at radius 3 is 2.32 bits per heavy atom. The summed E-state index contributed by atoms with van der Waals surface area (Å²) < 4.78 is 5.26. The number of carbonyl (C=O) groups is 2. The van der Waals surface area contributed by atoms with Crippen molar-refractivity contribution >= 4 is 12.0 Å². The Labute approximate surface area is 132 Å². The number of carboxylic acid groups (broad SMARTS) is 1. The van der Waals surface area contributed by atoms with Gasteiger partial charge in [0.2, 0.25) is 0 Å². The third-order valence-electron chi connectivity index (χ3n) is 5.15. The van der Waals surface area contributed by atoms with E-state index < -0.39 is 5.97 Å². The first-order valence-corrected chi connectivity index (χ1v) is 8.21. The minimum absolute atomic E-state index is 0.00163. The molecule has 1 saturated heterocycles. The molecule has 0 unspecified atom stereocenters. The number of amides is 2. The number of rotatable bonds is 4. The molecule has 0 aromatic heterocycles. The van der Waals surface area contributed by atoms with Gasteiger partial charge in [-0.2, -0.15) is 0 Å². The standard InChI is InChI=1S/C16H28N2O4/c1-16(11-22-2)7-9-18(10-8-16)15(21)17-13-5-3-12(4-6-13)14(19)20/h12-13H,3-11H2,1-2H3,(H,17,21)(H,19,20). The van der Waals surface area contributed by atoms with Gasteiger partial charge in [-0.25, -0.2) is 4.79 Å². The molecule has 2 amide bonds. The highest BCUT2D eigenvalue weighted by molar-refractivity contribution is 5.75. The molecule has 1 aliphatic carbocycles. The van der Waals surface area contributed by atoms with Gasteiger partial charge in [0.25, 0.3) is 0 Å². The predicted molar refractivity (Wildman–Crippen MR) is 82.7 cm³/mol. The molecule has 22 heavy (non-hydrogen) atoms. The fraction of sp³-hybridized carbons (Fsp3) is 0.875. The maximum absolute atomic E-state index is 12.3. The van der Waals surface area contributed by atoms with Crippen molar-refractivity contribution in [1.29, 1.82) is 0 Å². The molecule has 0 radical (unpaired) electrons. The summed E-state index contributed by atoms with van der Waals surface area (Å²) in [7, 11) is 1.72. The normalized spacial score (nSPS) is 28.2. The number of hydrogen-bond acceptors (Lipinski definition) is 3. The van der Waals surface area contributed by atoms with Gasteiger partial charge in [-0.05, 0) is 43.9 Å². The second-order valence-corrected chi connectivity index (χ2v) is 7.07. The summed E-state index contributed by atoms with van der Waals surface area (Å²) >= 11 is 0. The first-order valence-electron chi connectivity index (χ1n) is 8.21. The first-order chi connectivity index (χ1) is 10.4. The van der Waals surface area contributed by atoms with Crippen LogP contribution in [-0.4, -0.2) is 54.9 Å². The summed E-state index contributed by atoms with van der Waals surface area (Å²) in [5, 5.41) is 12.1. The van der Waals surface area contributed by atoms with Crippen LogP contribution in [0.4, 0.5) is 4.79 Å². The van der Waals surface area contributed by atoms with Crippen molar-refractivity contribution in [2.45, 2.75) is 51.5 Å². The van der Waals surface area contributed by atoms with E-state index in [1.807, 2.05) is 4.90 Å². The molecule has 0 spiro atoms. The molecule has 0 atom stereocenters. The van der Waals surface area contributed by atoms with Crippen molar-refractivity contribution in [3.63, 3.8) is 0 Å². The third kappa shape index (κ3) is 4.35. The number of ether oxygens (including phenoxy) is 1. The Balaban J connectivity index is 1.74. The predicted octanol–water partition coefficient (Wildman–Crippen LogP) is 2.09. The molecule has 2 N–H and O–H groups in total. The van der Waals surface area contributed by atoms with Gasteiger partial charge in [-0.15, -0.1) is 0 Å². The van der Waals surface area contributed by atoms with Crippen molar-refractivity contribution < 1.29 is 19.4 Å². The number of methoxy groups -OCH3 is 1. The van der Waals surface area contributed by atoms with E-state index in [4.69, 9.17) is 9.84 Å². The van der Waals surface area contributed by atoms with E-state index in [-0.39, 0.29) is 23.4 Å². The Bertz CT molecular complexity index is 397. The van der Waals surface area contributed by atoms with E-state index >= 15 is 0 Å². The summed E-state index contributed by atoms with van der Waals surface area (Å²) in [6, 6.07) is 0.119. The lowest BCUT2D eigenvalue weighted by atomic mass is 9.81. The lowest BCUT2D eigenvalue weighted by molar-refractivity contribution is -0.142. The summed E-state index contributed by atoms with van der Waals surface area (Å²) in [6.45, 7) is 4.47. The Hall–Kier alpha value is -1.30. The molecule has 1 saturated carbocycles. The lowest BCUT2D eigenvalue weighted by Gasteiger charge is -2.39. The van der Waals surface area contributed by atoms with Crippen molar-refractivity contribution in [1.82, 2.24) is 10.2 Å². The van der Waals surface area contributed by atoms with Gasteiger partial charge in [0.15, 0.2) is 0 Å². The third-order valence-corrected chi connectivity index (χ3v) is 5.15. The highest BCUT2D eigenvalue weighted by Crippen LogP contribution is 2.31. The first kappa shape index (κ1) is 17.1. The molecule has 1 heterocycles. The smallest absolute Gasteiger partial charge is 0.317 e. The zero-order chi connectivity index (χ0) is 16.2. The van der Waals surface area contributed by atoms with E-state index in [0.29, 0.717) is 12.8 Å². The molecule has 2 aliphatic rings. The van der Waals surface area contributed by atoms with Gasteiger partial charge in [-0.3, -0.25) is 4.79 Å².